The Morgan fingerprint density at radius 2 is 1.88 bits per heavy atom. The fourth-order valence-corrected chi connectivity index (χ4v) is 1.83. The van der Waals surface area contributed by atoms with Crippen molar-refractivity contribution in [3.05, 3.63) is 0 Å². The molecule has 0 spiro atoms. The Morgan fingerprint density at radius 1 is 1.38 bits per heavy atom. The minimum Gasteiger partial charge on any atom is -0.382 e. The van der Waals surface area contributed by atoms with E-state index in [2.05, 4.69) is 12.2 Å². The number of piperidine rings is 1. The van der Waals surface area contributed by atoms with Crippen molar-refractivity contribution in [3.63, 3.8) is 0 Å². The highest BCUT2D eigenvalue weighted by Gasteiger charge is 2.40. The first kappa shape index (κ1) is 13.7. The summed E-state index contributed by atoms with van der Waals surface area (Å²) in [6, 6.07) is 0. The summed E-state index contributed by atoms with van der Waals surface area (Å²) in [6.07, 6.45) is -5.14. The number of nitrogens with zero attached hydrogens (tertiary/aromatic N) is 1. The zero-order valence-electron chi connectivity index (χ0n) is 9.64. The largest absolute Gasteiger partial charge is 0.415 e. The molecule has 1 fully saturated rings. The van der Waals surface area contributed by atoms with Crippen LogP contribution in [0.1, 0.15) is 19.8 Å². The lowest BCUT2D eigenvalue weighted by Gasteiger charge is -2.40. The van der Waals surface area contributed by atoms with Gasteiger partial charge in [0.1, 0.15) is 0 Å². The molecule has 1 atom stereocenters. The number of nitrogens with one attached hydrogen (secondary N) is 1. The van der Waals surface area contributed by atoms with E-state index in [1.165, 1.54) is 0 Å². The van der Waals surface area contributed by atoms with Crippen LogP contribution in [0.4, 0.5) is 13.2 Å². The maximum Gasteiger partial charge on any atom is 0.415 e. The third-order valence-corrected chi connectivity index (χ3v) is 3.37. The van der Waals surface area contributed by atoms with Gasteiger partial charge in [0.05, 0.1) is 0 Å². The van der Waals surface area contributed by atoms with Gasteiger partial charge in [-0.25, -0.2) is 0 Å². The molecule has 0 aromatic carbocycles. The fraction of sp³-hybridized carbons (Fsp3) is 1.00. The zero-order chi connectivity index (χ0) is 12.4. The fourth-order valence-electron chi connectivity index (χ4n) is 1.83. The second-order valence-electron chi connectivity index (χ2n) is 4.67. The van der Waals surface area contributed by atoms with Crippen molar-refractivity contribution in [1.29, 1.82) is 0 Å². The Hall–Kier alpha value is -0.330. The molecule has 0 bridgehead atoms. The summed E-state index contributed by atoms with van der Waals surface area (Å²) in [5.74, 6) is 0. The number of aliphatic hydroxyl groups excluding tert-OH is 1. The average molecular weight is 240 g/mol. The van der Waals surface area contributed by atoms with E-state index in [-0.39, 0.29) is 12.1 Å². The van der Waals surface area contributed by atoms with Gasteiger partial charge in [-0.05, 0) is 39.9 Å². The number of aliphatic hydroxyl groups is 1. The summed E-state index contributed by atoms with van der Waals surface area (Å²) in [5, 5.41) is 12.1. The van der Waals surface area contributed by atoms with Crippen molar-refractivity contribution >= 4 is 0 Å². The number of halogens is 3. The second kappa shape index (κ2) is 4.89. The van der Waals surface area contributed by atoms with Gasteiger partial charge in [-0.3, -0.25) is 0 Å². The molecule has 1 aliphatic heterocycles. The van der Waals surface area contributed by atoms with E-state index in [9.17, 15) is 13.2 Å². The molecule has 0 aliphatic carbocycles. The number of alkyl halides is 3. The van der Waals surface area contributed by atoms with Gasteiger partial charge in [-0.15, -0.1) is 0 Å². The third-order valence-electron chi connectivity index (χ3n) is 3.37. The van der Waals surface area contributed by atoms with Crippen LogP contribution in [0.3, 0.4) is 0 Å². The first-order valence-corrected chi connectivity index (χ1v) is 5.43. The van der Waals surface area contributed by atoms with Crippen molar-refractivity contribution in [1.82, 2.24) is 10.2 Å². The van der Waals surface area contributed by atoms with Crippen LogP contribution in [-0.2, 0) is 0 Å². The van der Waals surface area contributed by atoms with Gasteiger partial charge < -0.3 is 15.3 Å². The summed E-state index contributed by atoms with van der Waals surface area (Å²) in [6.45, 7) is 2.92. The molecule has 3 nitrogen and oxygen atoms in total. The van der Waals surface area contributed by atoms with Gasteiger partial charge in [0.2, 0.25) is 0 Å². The normalized spacial score (nSPS) is 24.4. The monoisotopic (exact) mass is 240 g/mol. The van der Waals surface area contributed by atoms with Gasteiger partial charge >= 0.3 is 6.18 Å². The maximum absolute atomic E-state index is 12.1. The number of β-amino-alcohol motifs (C(OH)–C–C–N with tert-alkyl or cyclic N) is 1. The minimum atomic E-state index is -4.51. The van der Waals surface area contributed by atoms with E-state index in [0.29, 0.717) is 13.1 Å². The Kier molecular flexibility index (Phi) is 4.20. The van der Waals surface area contributed by atoms with Crippen molar-refractivity contribution < 1.29 is 18.3 Å². The zero-order valence-corrected chi connectivity index (χ0v) is 9.64. The Balaban J connectivity index is 2.38. The lowest BCUT2D eigenvalue weighted by molar-refractivity contribution is -0.208. The molecule has 0 aromatic rings. The van der Waals surface area contributed by atoms with Crippen molar-refractivity contribution in [3.8, 4) is 0 Å². The number of hydrogen-bond donors (Lipinski definition) is 2. The number of hydrogen-bond acceptors (Lipinski definition) is 3. The first-order chi connectivity index (χ1) is 7.27. The van der Waals surface area contributed by atoms with E-state index in [1.54, 1.807) is 4.90 Å². The van der Waals surface area contributed by atoms with E-state index in [4.69, 9.17) is 5.11 Å². The van der Waals surface area contributed by atoms with Gasteiger partial charge in [-0.2, -0.15) is 13.2 Å². The van der Waals surface area contributed by atoms with Crippen LogP contribution in [0.15, 0.2) is 0 Å². The average Bonchev–Trinajstić information content (AvgIpc) is 2.20. The molecule has 2 N–H and O–H groups in total. The third kappa shape index (κ3) is 3.61. The predicted molar refractivity (Wildman–Crippen MR) is 55.2 cm³/mol. The molecule has 1 rings (SSSR count). The van der Waals surface area contributed by atoms with Crippen LogP contribution in [0, 0.1) is 0 Å². The van der Waals surface area contributed by atoms with Crippen molar-refractivity contribution in [2.24, 2.45) is 0 Å². The Morgan fingerprint density at radius 3 is 2.25 bits per heavy atom. The Bertz CT molecular complexity index is 225. The highest BCUT2D eigenvalue weighted by molar-refractivity contribution is 4.89. The molecule has 1 heterocycles. The quantitative estimate of drug-likeness (QED) is 0.772. The Labute approximate surface area is 93.6 Å². The van der Waals surface area contributed by atoms with Crippen LogP contribution in [0.5, 0.6) is 0 Å². The molecule has 1 saturated heterocycles. The van der Waals surface area contributed by atoms with Gasteiger partial charge in [0.15, 0.2) is 6.10 Å². The topological polar surface area (TPSA) is 35.5 Å². The second-order valence-corrected chi connectivity index (χ2v) is 4.67. The molecule has 96 valence electrons. The summed E-state index contributed by atoms with van der Waals surface area (Å²) in [5.41, 5.74) is 0.0136. The molecule has 6 heteroatoms. The van der Waals surface area contributed by atoms with Crippen LogP contribution in [0.2, 0.25) is 0 Å². The van der Waals surface area contributed by atoms with E-state index < -0.39 is 12.3 Å². The molecular formula is C10H19F3N2O. The molecule has 0 radical (unpaired) electrons. The van der Waals surface area contributed by atoms with Crippen LogP contribution >= 0.6 is 0 Å². The highest BCUT2D eigenvalue weighted by Crippen LogP contribution is 2.24. The molecule has 1 aliphatic rings. The SMILES string of the molecule is CNC1(C)CCN(CC(O)C(F)(F)F)CC1. The number of likely N-dealkylation sites (tertiary alicyclic amines) is 1. The molecular weight excluding hydrogens is 221 g/mol. The van der Waals surface area contributed by atoms with E-state index in [1.807, 2.05) is 7.05 Å². The first-order valence-electron chi connectivity index (χ1n) is 5.43. The van der Waals surface area contributed by atoms with Gasteiger partial charge in [0.25, 0.3) is 0 Å². The van der Waals surface area contributed by atoms with Crippen molar-refractivity contribution in [2.45, 2.75) is 37.6 Å². The van der Waals surface area contributed by atoms with Crippen LogP contribution < -0.4 is 5.32 Å². The molecule has 0 amide bonds. The summed E-state index contributed by atoms with van der Waals surface area (Å²) >= 11 is 0. The van der Waals surface area contributed by atoms with E-state index >= 15 is 0 Å². The smallest absolute Gasteiger partial charge is 0.382 e. The molecule has 0 saturated carbocycles. The van der Waals surface area contributed by atoms with Gasteiger partial charge in [0, 0.05) is 12.1 Å². The minimum absolute atomic E-state index is 0.0136. The van der Waals surface area contributed by atoms with Crippen LogP contribution in [0.25, 0.3) is 0 Å². The molecule has 1 unspecified atom stereocenters. The lowest BCUT2D eigenvalue weighted by atomic mass is 9.90. The summed E-state index contributed by atoms with van der Waals surface area (Å²) < 4.78 is 36.4. The summed E-state index contributed by atoms with van der Waals surface area (Å²) in [4.78, 5) is 1.66. The number of rotatable bonds is 3. The maximum atomic E-state index is 12.1. The summed E-state index contributed by atoms with van der Waals surface area (Å²) in [7, 11) is 1.86. The van der Waals surface area contributed by atoms with Crippen LogP contribution in [-0.4, -0.2) is 54.5 Å². The molecule has 16 heavy (non-hydrogen) atoms. The van der Waals surface area contributed by atoms with E-state index in [0.717, 1.165) is 12.8 Å². The lowest BCUT2D eigenvalue weighted by Crippen LogP contribution is -2.52. The van der Waals surface area contributed by atoms with Gasteiger partial charge in [-0.1, -0.05) is 0 Å². The van der Waals surface area contributed by atoms with Crippen molar-refractivity contribution in [2.75, 3.05) is 26.7 Å². The highest BCUT2D eigenvalue weighted by atomic mass is 19.4. The standard InChI is InChI=1S/C10H19F3N2O/c1-9(14-2)3-5-15(6-4-9)7-8(16)10(11,12)13/h8,14,16H,3-7H2,1-2H3. The molecule has 0 aromatic heterocycles. The predicted octanol–water partition coefficient (Wildman–Crippen LogP) is 0.984.